The minimum atomic E-state index is 0.431. The minimum Gasteiger partial charge on any atom is -0.441 e. The van der Waals surface area contributed by atoms with Crippen LogP contribution in [0.15, 0.2) is 52.3 Å². The molecule has 6 nitrogen and oxygen atoms in total. The van der Waals surface area contributed by atoms with E-state index < -0.39 is 0 Å². The molecule has 0 N–H and O–H groups in total. The van der Waals surface area contributed by atoms with Crippen molar-refractivity contribution in [1.82, 2.24) is 25.2 Å². The van der Waals surface area contributed by atoms with Crippen LogP contribution in [0, 0.1) is 6.92 Å². The monoisotopic (exact) mass is 323 g/mol. The number of aromatic nitrogens is 5. The van der Waals surface area contributed by atoms with Gasteiger partial charge in [0.2, 0.25) is 11.7 Å². The van der Waals surface area contributed by atoms with Gasteiger partial charge in [0, 0.05) is 5.56 Å². The van der Waals surface area contributed by atoms with Crippen LogP contribution in [0.2, 0.25) is 0 Å². The van der Waals surface area contributed by atoms with Gasteiger partial charge in [0.15, 0.2) is 0 Å². The second-order valence-corrected chi connectivity index (χ2v) is 5.96. The Morgan fingerprint density at radius 2 is 2.00 bits per heavy atom. The van der Waals surface area contributed by atoms with Crippen molar-refractivity contribution in [3.63, 3.8) is 0 Å². The number of nitrogens with zero attached hydrogens (tertiary/aromatic N) is 5. The van der Waals surface area contributed by atoms with E-state index in [1.807, 2.05) is 54.8 Å². The number of hydrogen-bond acceptors (Lipinski definition) is 6. The molecule has 0 unspecified atom stereocenters. The lowest BCUT2D eigenvalue weighted by atomic mass is 10.2. The number of aryl methyl sites for hydroxylation is 1. The molecule has 114 valence electrons. The van der Waals surface area contributed by atoms with Gasteiger partial charge in [0.05, 0.1) is 4.88 Å². The zero-order valence-corrected chi connectivity index (χ0v) is 13.2. The van der Waals surface area contributed by atoms with Crippen molar-refractivity contribution in [2.75, 3.05) is 0 Å². The Labute approximate surface area is 136 Å². The van der Waals surface area contributed by atoms with Gasteiger partial charge in [-0.05, 0) is 35.7 Å². The summed E-state index contributed by atoms with van der Waals surface area (Å²) in [5.41, 5.74) is 1.76. The van der Waals surface area contributed by atoms with Crippen molar-refractivity contribution in [2.45, 2.75) is 13.5 Å². The molecule has 0 fully saturated rings. The maximum atomic E-state index is 5.75. The highest BCUT2D eigenvalue weighted by Gasteiger charge is 2.14. The van der Waals surface area contributed by atoms with Crippen LogP contribution in [-0.2, 0) is 6.54 Å². The van der Waals surface area contributed by atoms with E-state index in [1.54, 1.807) is 11.3 Å². The molecule has 1 aromatic carbocycles. The summed E-state index contributed by atoms with van der Waals surface area (Å²) in [6.07, 6.45) is 0. The molecule has 3 aromatic heterocycles. The van der Waals surface area contributed by atoms with E-state index in [2.05, 4.69) is 20.4 Å². The molecule has 0 atom stereocenters. The molecule has 0 saturated heterocycles. The quantitative estimate of drug-likeness (QED) is 0.575. The van der Waals surface area contributed by atoms with E-state index in [1.165, 1.54) is 4.80 Å². The van der Waals surface area contributed by atoms with Crippen LogP contribution in [0.5, 0.6) is 0 Å². The largest absolute Gasteiger partial charge is 0.441 e. The van der Waals surface area contributed by atoms with E-state index in [4.69, 9.17) is 4.42 Å². The van der Waals surface area contributed by atoms with Gasteiger partial charge in [0.1, 0.15) is 18.0 Å². The summed E-state index contributed by atoms with van der Waals surface area (Å²) < 4.78 is 5.75. The van der Waals surface area contributed by atoms with Crippen LogP contribution in [0.3, 0.4) is 0 Å². The van der Waals surface area contributed by atoms with E-state index in [-0.39, 0.29) is 0 Å². The van der Waals surface area contributed by atoms with Gasteiger partial charge in [-0.2, -0.15) is 4.80 Å². The minimum absolute atomic E-state index is 0.431. The van der Waals surface area contributed by atoms with Crippen LogP contribution in [-0.4, -0.2) is 25.2 Å². The Morgan fingerprint density at radius 1 is 1.13 bits per heavy atom. The van der Waals surface area contributed by atoms with E-state index in [0.717, 1.165) is 21.9 Å². The van der Waals surface area contributed by atoms with Crippen LogP contribution >= 0.6 is 11.3 Å². The van der Waals surface area contributed by atoms with Crippen molar-refractivity contribution in [3.8, 4) is 22.2 Å². The number of rotatable bonds is 4. The van der Waals surface area contributed by atoms with Gasteiger partial charge in [-0.15, -0.1) is 21.5 Å². The van der Waals surface area contributed by atoms with Crippen molar-refractivity contribution >= 4 is 11.3 Å². The Bertz CT molecular complexity index is 911. The fourth-order valence-electron chi connectivity index (χ4n) is 2.23. The summed E-state index contributed by atoms with van der Waals surface area (Å²) in [5.74, 6) is 2.00. The van der Waals surface area contributed by atoms with Gasteiger partial charge in [-0.3, -0.25) is 0 Å². The van der Waals surface area contributed by atoms with E-state index >= 15 is 0 Å². The molecular weight excluding hydrogens is 310 g/mol. The maximum absolute atomic E-state index is 5.75. The van der Waals surface area contributed by atoms with Gasteiger partial charge in [-0.25, -0.2) is 4.98 Å². The first-order valence-corrected chi connectivity index (χ1v) is 8.01. The molecule has 0 amide bonds. The highest BCUT2D eigenvalue weighted by Crippen LogP contribution is 2.22. The molecule has 0 radical (unpaired) electrons. The predicted molar refractivity (Wildman–Crippen MR) is 86.9 cm³/mol. The van der Waals surface area contributed by atoms with E-state index in [0.29, 0.717) is 18.3 Å². The molecule has 23 heavy (non-hydrogen) atoms. The molecule has 4 aromatic rings. The van der Waals surface area contributed by atoms with Crippen LogP contribution in [0.4, 0.5) is 0 Å². The molecule has 0 bridgehead atoms. The second kappa shape index (κ2) is 5.77. The molecule has 4 rings (SSSR count). The zero-order valence-electron chi connectivity index (χ0n) is 12.4. The molecule has 0 aliphatic heterocycles. The number of tetrazole rings is 1. The van der Waals surface area contributed by atoms with Crippen molar-refractivity contribution in [1.29, 1.82) is 0 Å². The van der Waals surface area contributed by atoms with Crippen LogP contribution < -0.4 is 0 Å². The lowest BCUT2D eigenvalue weighted by Crippen LogP contribution is -2.05. The molecule has 0 aliphatic carbocycles. The number of oxazole rings is 1. The third-order valence-electron chi connectivity index (χ3n) is 3.40. The van der Waals surface area contributed by atoms with E-state index in [9.17, 15) is 0 Å². The fraction of sp³-hybridized carbons (Fsp3) is 0.125. The Morgan fingerprint density at radius 3 is 2.78 bits per heavy atom. The third-order valence-corrected chi connectivity index (χ3v) is 4.26. The fourth-order valence-corrected chi connectivity index (χ4v) is 2.88. The molecular formula is C16H13N5OS. The normalized spacial score (nSPS) is 11.0. The van der Waals surface area contributed by atoms with Crippen LogP contribution in [0.1, 0.15) is 11.5 Å². The molecule has 3 heterocycles. The van der Waals surface area contributed by atoms with Gasteiger partial charge in [0.25, 0.3) is 0 Å². The van der Waals surface area contributed by atoms with Crippen LogP contribution in [0.25, 0.3) is 22.2 Å². The molecule has 0 aliphatic rings. The highest BCUT2D eigenvalue weighted by atomic mass is 32.1. The summed E-state index contributed by atoms with van der Waals surface area (Å²) in [5, 5.41) is 14.6. The average Bonchev–Trinajstić information content (AvgIpc) is 3.30. The first-order chi connectivity index (χ1) is 11.3. The molecule has 0 saturated carbocycles. The summed E-state index contributed by atoms with van der Waals surface area (Å²) >= 11 is 1.59. The highest BCUT2D eigenvalue weighted by molar-refractivity contribution is 7.13. The predicted octanol–water partition coefficient (Wildman–Crippen LogP) is 3.41. The summed E-state index contributed by atoms with van der Waals surface area (Å²) in [7, 11) is 0. The summed E-state index contributed by atoms with van der Waals surface area (Å²) in [6, 6.07) is 13.8. The average molecular weight is 323 g/mol. The molecule has 7 heteroatoms. The maximum Gasteiger partial charge on any atom is 0.226 e. The second-order valence-electron chi connectivity index (χ2n) is 5.01. The number of benzene rings is 1. The van der Waals surface area contributed by atoms with Gasteiger partial charge >= 0.3 is 0 Å². The van der Waals surface area contributed by atoms with Crippen molar-refractivity contribution in [2.24, 2.45) is 0 Å². The zero-order chi connectivity index (χ0) is 15.6. The standard InChI is InChI=1S/C16H13N5OS/c1-11-13(17-16(22-11)12-6-3-2-4-7-12)10-21-19-15(18-20-21)14-8-5-9-23-14/h2-9H,10H2,1H3. The van der Waals surface area contributed by atoms with Gasteiger partial charge in [-0.1, -0.05) is 24.3 Å². The summed E-state index contributed by atoms with van der Waals surface area (Å²) in [6.45, 7) is 2.33. The van der Waals surface area contributed by atoms with Crippen molar-refractivity contribution < 1.29 is 4.42 Å². The number of hydrogen-bond donors (Lipinski definition) is 0. The Hall–Kier alpha value is -2.80. The van der Waals surface area contributed by atoms with Crippen molar-refractivity contribution in [3.05, 3.63) is 59.3 Å². The lowest BCUT2D eigenvalue weighted by molar-refractivity contribution is 0.525. The Kier molecular flexibility index (Phi) is 3.47. The Balaban J connectivity index is 1.59. The first-order valence-electron chi connectivity index (χ1n) is 7.13. The van der Waals surface area contributed by atoms with Gasteiger partial charge < -0.3 is 4.42 Å². The molecule has 0 spiro atoms. The first kappa shape index (κ1) is 13.8. The lowest BCUT2D eigenvalue weighted by Gasteiger charge is -1.94. The SMILES string of the molecule is Cc1oc(-c2ccccc2)nc1Cn1nnc(-c2cccs2)n1. The number of thiophene rings is 1. The summed E-state index contributed by atoms with van der Waals surface area (Å²) in [4.78, 5) is 7.09. The smallest absolute Gasteiger partial charge is 0.226 e. The third kappa shape index (κ3) is 2.78. The topological polar surface area (TPSA) is 69.6 Å².